The number of allylic oxidation sites excluding steroid dienone is 6. The zero-order chi connectivity index (χ0) is 11.8. The van der Waals surface area contributed by atoms with Crippen LogP contribution < -0.4 is 0 Å². The average molecular weight is 216 g/mol. The zero-order valence-electron chi connectivity index (χ0n) is 10.5. The van der Waals surface area contributed by atoms with Gasteiger partial charge in [-0.3, -0.25) is 0 Å². The molecule has 0 saturated heterocycles. The minimum absolute atomic E-state index is 0.587. The van der Waals surface area contributed by atoms with Crippen molar-refractivity contribution in [1.29, 1.82) is 0 Å². The molecular formula is C16H24. The Labute approximate surface area is 100 Å². The molecule has 0 spiro atoms. The number of hydrogen-bond acceptors (Lipinski definition) is 0. The molecule has 1 aliphatic carbocycles. The summed E-state index contributed by atoms with van der Waals surface area (Å²) in [5.74, 6) is 0.587. The largest absolute Gasteiger partial charge is 0.103 e. The molecular weight excluding hydrogens is 192 g/mol. The highest BCUT2D eigenvalue weighted by Gasteiger charge is 2.14. The minimum atomic E-state index is 0.587. The SMILES string of the molecule is C=CCC1=CC(CC=C)C=C1CCCCC. The highest BCUT2D eigenvalue weighted by molar-refractivity contribution is 5.40. The van der Waals surface area contributed by atoms with Gasteiger partial charge in [0.25, 0.3) is 0 Å². The Morgan fingerprint density at radius 1 is 1.12 bits per heavy atom. The Morgan fingerprint density at radius 2 is 1.88 bits per heavy atom. The molecule has 0 aromatic heterocycles. The molecule has 0 aromatic carbocycles. The van der Waals surface area contributed by atoms with Crippen LogP contribution in [0.5, 0.6) is 0 Å². The first-order valence-electron chi connectivity index (χ1n) is 6.45. The van der Waals surface area contributed by atoms with Gasteiger partial charge in [-0.15, -0.1) is 13.2 Å². The lowest BCUT2D eigenvalue weighted by Crippen LogP contribution is -1.86. The Bertz CT molecular complexity index is 291. The van der Waals surface area contributed by atoms with Gasteiger partial charge in [0.2, 0.25) is 0 Å². The maximum Gasteiger partial charge on any atom is -0.000712 e. The van der Waals surface area contributed by atoms with Crippen molar-refractivity contribution in [2.45, 2.75) is 45.4 Å². The monoisotopic (exact) mass is 216 g/mol. The zero-order valence-corrected chi connectivity index (χ0v) is 10.5. The van der Waals surface area contributed by atoms with E-state index in [1.54, 1.807) is 5.57 Å². The summed E-state index contributed by atoms with van der Waals surface area (Å²) in [6.07, 6.45) is 16.1. The lowest BCUT2D eigenvalue weighted by Gasteiger charge is -2.05. The fourth-order valence-corrected chi connectivity index (χ4v) is 2.27. The van der Waals surface area contributed by atoms with Crippen molar-refractivity contribution in [3.63, 3.8) is 0 Å². The summed E-state index contributed by atoms with van der Waals surface area (Å²) in [5, 5.41) is 0. The first-order valence-corrected chi connectivity index (χ1v) is 6.45. The third-order valence-electron chi connectivity index (χ3n) is 3.10. The minimum Gasteiger partial charge on any atom is -0.103 e. The maximum atomic E-state index is 3.84. The van der Waals surface area contributed by atoms with Gasteiger partial charge in [0.15, 0.2) is 0 Å². The van der Waals surface area contributed by atoms with E-state index in [2.05, 4.69) is 32.2 Å². The molecule has 1 unspecified atom stereocenters. The van der Waals surface area contributed by atoms with Crippen molar-refractivity contribution in [2.24, 2.45) is 5.92 Å². The second kappa shape index (κ2) is 7.27. The van der Waals surface area contributed by atoms with Gasteiger partial charge in [0.05, 0.1) is 0 Å². The van der Waals surface area contributed by atoms with E-state index < -0.39 is 0 Å². The van der Waals surface area contributed by atoms with E-state index in [9.17, 15) is 0 Å². The van der Waals surface area contributed by atoms with Gasteiger partial charge in [0.1, 0.15) is 0 Å². The molecule has 16 heavy (non-hydrogen) atoms. The molecule has 0 fully saturated rings. The highest BCUT2D eigenvalue weighted by Crippen LogP contribution is 2.31. The molecule has 0 N–H and O–H groups in total. The van der Waals surface area contributed by atoms with Crippen molar-refractivity contribution in [3.05, 3.63) is 48.6 Å². The Hall–Kier alpha value is -1.04. The number of unbranched alkanes of at least 4 members (excludes halogenated alkanes) is 2. The summed E-state index contributed by atoms with van der Waals surface area (Å²) >= 11 is 0. The fourth-order valence-electron chi connectivity index (χ4n) is 2.27. The van der Waals surface area contributed by atoms with Crippen LogP contribution in [-0.2, 0) is 0 Å². The normalized spacial score (nSPS) is 19.2. The summed E-state index contributed by atoms with van der Waals surface area (Å²) in [4.78, 5) is 0. The summed E-state index contributed by atoms with van der Waals surface area (Å²) in [6, 6.07) is 0. The van der Waals surface area contributed by atoms with Gasteiger partial charge < -0.3 is 0 Å². The van der Waals surface area contributed by atoms with E-state index >= 15 is 0 Å². The van der Waals surface area contributed by atoms with Crippen LogP contribution in [0.2, 0.25) is 0 Å². The summed E-state index contributed by atoms with van der Waals surface area (Å²) in [5.41, 5.74) is 3.05. The highest BCUT2D eigenvalue weighted by atomic mass is 14.2. The van der Waals surface area contributed by atoms with Gasteiger partial charge in [-0.2, -0.15) is 0 Å². The van der Waals surface area contributed by atoms with Crippen molar-refractivity contribution in [2.75, 3.05) is 0 Å². The molecule has 1 aliphatic rings. The van der Waals surface area contributed by atoms with Crippen LogP contribution in [0.1, 0.15) is 45.4 Å². The number of rotatable bonds is 8. The topological polar surface area (TPSA) is 0 Å². The molecule has 0 heterocycles. The Kier molecular flexibility index (Phi) is 5.92. The summed E-state index contributed by atoms with van der Waals surface area (Å²) < 4.78 is 0. The maximum absolute atomic E-state index is 3.84. The van der Waals surface area contributed by atoms with Gasteiger partial charge in [0, 0.05) is 0 Å². The van der Waals surface area contributed by atoms with Crippen molar-refractivity contribution < 1.29 is 0 Å². The second-order valence-corrected chi connectivity index (χ2v) is 4.52. The molecule has 0 heteroatoms. The van der Waals surface area contributed by atoms with Crippen molar-refractivity contribution >= 4 is 0 Å². The fraction of sp³-hybridized carbons (Fsp3) is 0.500. The molecule has 88 valence electrons. The van der Waals surface area contributed by atoms with E-state index in [0.717, 1.165) is 12.8 Å². The molecule has 0 bridgehead atoms. The number of hydrogen-bond donors (Lipinski definition) is 0. The molecule has 0 aromatic rings. The molecule has 0 saturated carbocycles. The van der Waals surface area contributed by atoms with Gasteiger partial charge >= 0.3 is 0 Å². The van der Waals surface area contributed by atoms with Crippen LogP contribution in [0.4, 0.5) is 0 Å². The van der Waals surface area contributed by atoms with Crippen LogP contribution in [-0.4, -0.2) is 0 Å². The Morgan fingerprint density at radius 3 is 2.50 bits per heavy atom. The standard InChI is InChI=1S/C16H24/c1-4-7-8-11-16-13-14(9-5-2)12-15(16)10-6-3/h5-6,12-14H,2-4,7-11H2,1H3. The van der Waals surface area contributed by atoms with Crippen LogP contribution in [0.3, 0.4) is 0 Å². The van der Waals surface area contributed by atoms with E-state index in [4.69, 9.17) is 0 Å². The molecule has 1 rings (SSSR count). The predicted molar refractivity (Wildman–Crippen MR) is 73.4 cm³/mol. The van der Waals surface area contributed by atoms with Crippen LogP contribution >= 0.6 is 0 Å². The van der Waals surface area contributed by atoms with Crippen molar-refractivity contribution in [3.8, 4) is 0 Å². The average Bonchev–Trinajstić information content (AvgIpc) is 2.63. The third-order valence-corrected chi connectivity index (χ3v) is 3.10. The van der Waals surface area contributed by atoms with Crippen molar-refractivity contribution in [1.82, 2.24) is 0 Å². The van der Waals surface area contributed by atoms with E-state index in [0.29, 0.717) is 5.92 Å². The van der Waals surface area contributed by atoms with Crippen LogP contribution in [0.15, 0.2) is 48.6 Å². The molecule has 0 amide bonds. The molecule has 0 nitrogen and oxygen atoms in total. The first-order chi connectivity index (χ1) is 7.81. The van der Waals surface area contributed by atoms with E-state index in [-0.39, 0.29) is 0 Å². The molecule has 0 radical (unpaired) electrons. The summed E-state index contributed by atoms with van der Waals surface area (Å²) in [6.45, 7) is 9.91. The van der Waals surface area contributed by atoms with Crippen LogP contribution in [0, 0.1) is 5.92 Å². The van der Waals surface area contributed by atoms with Crippen LogP contribution in [0.25, 0.3) is 0 Å². The summed E-state index contributed by atoms with van der Waals surface area (Å²) in [7, 11) is 0. The van der Waals surface area contributed by atoms with Gasteiger partial charge in [-0.1, -0.05) is 44.1 Å². The molecule has 1 atom stereocenters. The lowest BCUT2D eigenvalue weighted by atomic mass is 10.0. The van der Waals surface area contributed by atoms with E-state index in [1.165, 1.54) is 31.3 Å². The van der Waals surface area contributed by atoms with Gasteiger partial charge in [-0.05, 0) is 42.7 Å². The first kappa shape index (κ1) is 13.0. The second-order valence-electron chi connectivity index (χ2n) is 4.52. The van der Waals surface area contributed by atoms with E-state index in [1.807, 2.05) is 12.2 Å². The third kappa shape index (κ3) is 3.84. The van der Waals surface area contributed by atoms with Gasteiger partial charge in [-0.25, -0.2) is 0 Å². The lowest BCUT2D eigenvalue weighted by molar-refractivity contribution is 0.713. The predicted octanol–water partition coefficient (Wildman–Crippen LogP) is 5.20. The Balaban J connectivity index is 2.56. The quantitative estimate of drug-likeness (QED) is 0.386. The smallest absolute Gasteiger partial charge is 0.000712 e. The molecule has 0 aliphatic heterocycles.